The van der Waals surface area contributed by atoms with Gasteiger partial charge in [0.2, 0.25) is 0 Å². The lowest BCUT2D eigenvalue weighted by atomic mass is 10.2. The molecule has 112 valence electrons. The minimum atomic E-state index is -0.173. The van der Waals surface area contributed by atoms with Gasteiger partial charge in [0.15, 0.2) is 0 Å². The largest absolute Gasteiger partial charge is 0.321 e. The predicted molar refractivity (Wildman–Crippen MR) is 96.7 cm³/mol. The van der Waals surface area contributed by atoms with Crippen molar-refractivity contribution in [3.63, 3.8) is 0 Å². The van der Waals surface area contributed by atoms with Crippen LogP contribution in [0.15, 0.2) is 42.6 Å². The van der Waals surface area contributed by atoms with Crippen molar-refractivity contribution in [2.45, 2.75) is 13.3 Å². The molecule has 0 fully saturated rings. The quantitative estimate of drug-likeness (QED) is 0.632. The number of aryl methyl sites for hydroxylation is 1. The molecule has 22 heavy (non-hydrogen) atoms. The molecule has 0 radical (unpaired) electrons. The Hall–Kier alpha value is -1.60. The summed E-state index contributed by atoms with van der Waals surface area (Å²) in [5.41, 5.74) is 2.74. The molecule has 0 saturated heterocycles. The molecule has 1 amide bonds. The topological polar surface area (TPSA) is 46.4 Å². The van der Waals surface area contributed by atoms with Crippen LogP contribution < -0.4 is 5.32 Å². The van der Waals surface area contributed by atoms with Gasteiger partial charge in [-0.1, -0.05) is 18.5 Å². The molecule has 0 bridgehead atoms. The first-order chi connectivity index (χ1) is 10.6. The Balaban J connectivity index is 2.00. The lowest BCUT2D eigenvalue weighted by Crippen LogP contribution is -2.16. The summed E-state index contributed by atoms with van der Waals surface area (Å²) in [7, 11) is 0. The van der Waals surface area contributed by atoms with Crippen LogP contribution in [-0.2, 0) is 6.42 Å². The third kappa shape index (κ3) is 2.96. The van der Waals surface area contributed by atoms with Crippen molar-refractivity contribution in [3.05, 3.63) is 62.6 Å². The number of carbonyl (C=O) groups excluding carboxylic acids is 1. The number of aromatic nitrogens is 2. The predicted octanol–water partition coefficient (Wildman–Crippen LogP) is 4.41. The third-order valence-electron chi connectivity index (χ3n) is 3.31. The molecule has 2 heterocycles. The zero-order chi connectivity index (χ0) is 15.7. The van der Waals surface area contributed by atoms with E-state index in [9.17, 15) is 4.79 Å². The number of nitrogens with one attached hydrogen (secondary N) is 1. The first kappa shape index (κ1) is 15.3. The standard InChI is InChI=1S/C16H13ClIN3O/c1-2-13-15(21-8-7-10(17)9-14(21)20-13)16(22)19-12-5-3-11(18)4-6-12/h3-9H,2H2,1H3,(H,19,22). The van der Waals surface area contributed by atoms with Gasteiger partial charge >= 0.3 is 0 Å². The number of carbonyl (C=O) groups is 1. The number of pyridine rings is 1. The molecule has 4 nitrogen and oxygen atoms in total. The molecular weight excluding hydrogens is 413 g/mol. The van der Waals surface area contributed by atoms with E-state index in [1.807, 2.05) is 31.2 Å². The maximum Gasteiger partial charge on any atom is 0.274 e. The van der Waals surface area contributed by atoms with Crippen molar-refractivity contribution in [1.82, 2.24) is 9.38 Å². The highest BCUT2D eigenvalue weighted by Gasteiger charge is 2.18. The monoisotopic (exact) mass is 425 g/mol. The molecule has 0 aliphatic rings. The van der Waals surface area contributed by atoms with Gasteiger partial charge in [-0.05, 0) is 59.3 Å². The summed E-state index contributed by atoms with van der Waals surface area (Å²) in [5.74, 6) is -0.173. The SMILES string of the molecule is CCc1nc2cc(Cl)ccn2c1C(=O)Nc1ccc(I)cc1. The van der Waals surface area contributed by atoms with Crippen LogP contribution in [0, 0.1) is 3.57 Å². The zero-order valence-corrected chi connectivity index (χ0v) is 14.7. The number of benzene rings is 1. The number of rotatable bonds is 3. The number of hydrogen-bond acceptors (Lipinski definition) is 2. The number of imidazole rings is 1. The number of halogens is 2. The van der Waals surface area contributed by atoms with Crippen molar-refractivity contribution in [2.75, 3.05) is 5.32 Å². The van der Waals surface area contributed by atoms with Crippen LogP contribution in [0.5, 0.6) is 0 Å². The van der Waals surface area contributed by atoms with Gasteiger partial charge in [0.05, 0.1) is 5.69 Å². The Labute approximate surface area is 146 Å². The molecule has 6 heteroatoms. The lowest BCUT2D eigenvalue weighted by molar-refractivity contribution is 0.102. The van der Waals surface area contributed by atoms with Crippen molar-refractivity contribution in [2.24, 2.45) is 0 Å². The Bertz CT molecular complexity index is 842. The van der Waals surface area contributed by atoms with Crippen LogP contribution in [0.25, 0.3) is 5.65 Å². The summed E-state index contributed by atoms with van der Waals surface area (Å²) in [6.45, 7) is 1.98. The smallest absolute Gasteiger partial charge is 0.274 e. The molecule has 3 aromatic rings. The number of fused-ring (bicyclic) bond motifs is 1. The van der Waals surface area contributed by atoms with Gasteiger partial charge in [0.25, 0.3) is 5.91 Å². The van der Waals surface area contributed by atoms with E-state index in [0.29, 0.717) is 22.8 Å². The average molecular weight is 426 g/mol. The molecule has 1 aromatic carbocycles. The number of hydrogen-bond donors (Lipinski definition) is 1. The summed E-state index contributed by atoms with van der Waals surface area (Å²) >= 11 is 8.22. The summed E-state index contributed by atoms with van der Waals surface area (Å²) in [6, 6.07) is 11.2. The van der Waals surface area contributed by atoms with E-state index in [2.05, 4.69) is 32.9 Å². The Kier molecular flexibility index (Phi) is 4.35. The molecule has 0 aliphatic carbocycles. The summed E-state index contributed by atoms with van der Waals surface area (Å²) in [6.07, 6.45) is 2.45. The third-order valence-corrected chi connectivity index (χ3v) is 4.27. The van der Waals surface area contributed by atoms with E-state index in [4.69, 9.17) is 11.6 Å². The molecule has 0 unspecified atom stereocenters. The highest BCUT2D eigenvalue weighted by molar-refractivity contribution is 14.1. The van der Waals surface area contributed by atoms with Gasteiger partial charge in [-0.2, -0.15) is 0 Å². The normalized spacial score (nSPS) is 10.9. The number of anilines is 1. The van der Waals surface area contributed by atoms with E-state index in [-0.39, 0.29) is 5.91 Å². The molecule has 2 aromatic heterocycles. The van der Waals surface area contributed by atoms with Crippen molar-refractivity contribution in [1.29, 1.82) is 0 Å². The number of nitrogens with zero attached hydrogens (tertiary/aromatic N) is 2. The fourth-order valence-electron chi connectivity index (χ4n) is 2.28. The van der Waals surface area contributed by atoms with Crippen LogP contribution >= 0.6 is 34.2 Å². The molecule has 0 saturated carbocycles. The molecule has 3 rings (SSSR count). The van der Waals surface area contributed by atoms with Crippen molar-refractivity contribution in [3.8, 4) is 0 Å². The van der Waals surface area contributed by atoms with E-state index < -0.39 is 0 Å². The zero-order valence-electron chi connectivity index (χ0n) is 11.8. The first-order valence-electron chi connectivity index (χ1n) is 6.82. The fourth-order valence-corrected chi connectivity index (χ4v) is 2.79. The van der Waals surface area contributed by atoms with Crippen LogP contribution in [0.3, 0.4) is 0 Å². The lowest BCUT2D eigenvalue weighted by Gasteiger charge is -2.07. The van der Waals surface area contributed by atoms with E-state index >= 15 is 0 Å². The maximum atomic E-state index is 12.6. The van der Waals surface area contributed by atoms with Gasteiger partial charge in [0, 0.05) is 26.5 Å². The van der Waals surface area contributed by atoms with Crippen LogP contribution in [0.2, 0.25) is 5.02 Å². The number of amides is 1. The molecule has 0 aliphatic heterocycles. The van der Waals surface area contributed by atoms with E-state index in [1.165, 1.54) is 0 Å². The van der Waals surface area contributed by atoms with E-state index in [1.54, 1.807) is 22.7 Å². The van der Waals surface area contributed by atoms with E-state index in [0.717, 1.165) is 15.0 Å². The van der Waals surface area contributed by atoms with Crippen LogP contribution in [-0.4, -0.2) is 15.3 Å². The molecular formula is C16H13ClIN3O. The summed E-state index contributed by atoms with van der Waals surface area (Å²) in [4.78, 5) is 17.1. The second kappa shape index (κ2) is 6.26. The Morgan fingerprint density at radius 2 is 2.05 bits per heavy atom. The van der Waals surface area contributed by atoms with Gasteiger partial charge in [-0.25, -0.2) is 4.98 Å². The highest BCUT2D eigenvalue weighted by Crippen LogP contribution is 2.19. The summed E-state index contributed by atoms with van der Waals surface area (Å²) < 4.78 is 2.89. The van der Waals surface area contributed by atoms with Gasteiger partial charge in [-0.15, -0.1) is 0 Å². The fraction of sp³-hybridized carbons (Fsp3) is 0.125. The van der Waals surface area contributed by atoms with Gasteiger partial charge in [0.1, 0.15) is 11.3 Å². The second-order valence-corrected chi connectivity index (χ2v) is 6.48. The minimum Gasteiger partial charge on any atom is -0.321 e. The van der Waals surface area contributed by atoms with Gasteiger partial charge in [-0.3, -0.25) is 9.20 Å². The average Bonchev–Trinajstić information content (AvgIpc) is 2.87. The van der Waals surface area contributed by atoms with Crippen molar-refractivity contribution < 1.29 is 4.79 Å². The minimum absolute atomic E-state index is 0.173. The summed E-state index contributed by atoms with van der Waals surface area (Å²) in [5, 5.41) is 3.52. The molecule has 0 atom stereocenters. The second-order valence-electron chi connectivity index (χ2n) is 4.79. The highest BCUT2D eigenvalue weighted by atomic mass is 127. The molecule has 1 N–H and O–H groups in total. The van der Waals surface area contributed by atoms with Gasteiger partial charge < -0.3 is 5.32 Å². The first-order valence-corrected chi connectivity index (χ1v) is 8.27. The maximum absolute atomic E-state index is 12.6. The Morgan fingerprint density at radius 1 is 1.32 bits per heavy atom. The molecule has 0 spiro atoms. The Morgan fingerprint density at radius 3 is 2.73 bits per heavy atom. The van der Waals surface area contributed by atoms with Crippen molar-refractivity contribution >= 4 is 51.4 Å². The van der Waals surface area contributed by atoms with Crippen LogP contribution in [0.1, 0.15) is 23.1 Å². The van der Waals surface area contributed by atoms with Crippen LogP contribution in [0.4, 0.5) is 5.69 Å².